The summed E-state index contributed by atoms with van der Waals surface area (Å²) in [5.41, 5.74) is 0.257. The van der Waals surface area contributed by atoms with Gasteiger partial charge in [-0.1, -0.05) is 11.6 Å². The van der Waals surface area contributed by atoms with Gasteiger partial charge in [0.25, 0.3) is 0 Å². The number of halogens is 3. The fourth-order valence-electron chi connectivity index (χ4n) is 0.649. The van der Waals surface area contributed by atoms with Crippen LogP contribution in [0.25, 0.3) is 0 Å². The molecule has 0 saturated carbocycles. The third kappa shape index (κ3) is 1.70. The van der Waals surface area contributed by atoms with Crippen LogP contribution in [0.2, 0.25) is 5.02 Å². The predicted octanol–water partition coefficient (Wildman–Crippen LogP) is 3.11. The lowest BCUT2D eigenvalue weighted by Gasteiger charge is -1.97. The molecule has 1 aromatic rings. The topological polar surface area (TPSA) is 23.8 Å². The Kier molecular flexibility index (Phi) is 2.48. The third-order valence-electron chi connectivity index (χ3n) is 1.12. The van der Waals surface area contributed by atoms with Gasteiger partial charge in [0, 0.05) is 4.47 Å². The zero-order chi connectivity index (χ0) is 8.43. The molecule has 56 valence electrons. The van der Waals surface area contributed by atoms with Gasteiger partial charge in [0.1, 0.15) is 11.9 Å². The highest BCUT2D eigenvalue weighted by Crippen LogP contribution is 2.25. The van der Waals surface area contributed by atoms with E-state index in [1.807, 2.05) is 6.07 Å². The minimum absolute atomic E-state index is 0.124. The summed E-state index contributed by atoms with van der Waals surface area (Å²) in [5.74, 6) is -0.458. The molecular formula is C7H2BrClFN. The van der Waals surface area contributed by atoms with Crippen LogP contribution in [0, 0.1) is 17.1 Å². The van der Waals surface area contributed by atoms with Crippen LogP contribution in [-0.4, -0.2) is 0 Å². The maximum Gasteiger partial charge on any atom is 0.125 e. The second kappa shape index (κ2) is 3.21. The Balaban J connectivity index is 3.40. The molecule has 1 rings (SSSR count). The quantitative estimate of drug-likeness (QED) is 0.676. The zero-order valence-electron chi connectivity index (χ0n) is 5.24. The number of nitrogens with zero attached hydrogens (tertiary/aromatic N) is 1. The smallest absolute Gasteiger partial charge is 0.125 e. The summed E-state index contributed by atoms with van der Waals surface area (Å²) in [6, 6.07) is 4.15. The average Bonchev–Trinajstić information content (AvgIpc) is 1.85. The van der Waals surface area contributed by atoms with E-state index in [2.05, 4.69) is 15.9 Å². The van der Waals surface area contributed by atoms with Gasteiger partial charge in [0.15, 0.2) is 0 Å². The van der Waals surface area contributed by atoms with E-state index in [0.29, 0.717) is 4.47 Å². The summed E-state index contributed by atoms with van der Waals surface area (Å²) in [7, 11) is 0. The van der Waals surface area contributed by atoms with E-state index in [1.165, 1.54) is 6.07 Å². The Hall–Kier alpha value is -0.590. The van der Waals surface area contributed by atoms with E-state index in [-0.39, 0.29) is 10.6 Å². The second-order valence-corrected chi connectivity index (χ2v) is 3.12. The number of hydrogen-bond acceptors (Lipinski definition) is 1. The van der Waals surface area contributed by atoms with E-state index >= 15 is 0 Å². The van der Waals surface area contributed by atoms with Crippen LogP contribution < -0.4 is 0 Å². The van der Waals surface area contributed by atoms with Gasteiger partial charge in [-0.15, -0.1) is 0 Å². The molecular weight excluding hydrogens is 232 g/mol. The predicted molar refractivity (Wildman–Crippen MR) is 43.8 cm³/mol. The molecule has 1 aromatic carbocycles. The minimum atomic E-state index is -0.458. The standard InChI is InChI=1S/C7H2BrClFN/c8-6-1-4(10)2-7(9)5(6)3-11/h1-2H. The first-order chi connectivity index (χ1) is 5.15. The van der Waals surface area contributed by atoms with Crippen molar-refractivity contribution in [3.8, 4) is 6.07 Å². The van der Waals surface area contributed by atoms with Crippen LogP contribution in [0.5, 0.6) is 0 Å². The van der Waals surface area contributed by atoms with Crippen LogP contribution in [-0.2, 0) is 0 Å². The zero-order valence-corrected chi connectivity index (χ0v) is 7.58. The fourth-order valence-corrected chi connectivity index (χ4v) is 1.53. The SMILES string of the molecule is N#Cc1c(Cl)cc(F)cc1Br. The summed E-state index contributed by atoms with van der Waals surface area (Å²) in [6.45, 7) is 0. The molecule has 0 bridgehead atoms. The molecule has 4 heteroatoms. The Morgan fingerprint density at radius 2 is 2.18 bits per heavy atom. The van der Waals surface area contributed by atoms with E-state index in [1.54, 1.807) is 0 Å². The Bertz CT molecular complexity index is 309. The molecule has 0 aliphatic carbocycles. The maximum absolute atomic E-state index is 12.5. The molecule has 11 heavy (non-hydrogen) atoms. The Morgan fingerprint density at radius 1 is 1.55 bits per heavy atom. The van der Waals surface area contributed by atoms with Gasteiger partial charge in [0.05, 0.1) is 10.6 Å². The Labute approximate surface area is 76.5 Å². The molecule has 0 N–H and O–H groups in total. The van der Waals surface area contributed by atoms with Gasteiger partial charge >= 0.3 is 0 Å². The van der Waals surface area contributed by atoms with Gasteiger partial charge in [-0.2, -0.15) is 5.26 Å². The van der Waals surface area contributed by atoms with Crippen molar-refractivity contribution in [3.05, 3.63) is 33.0 Å². The molecule has 0 aliphatic rings. The van der Waals surface area contributed by atoms with E-state index < -0.39 is 5.82 Å². The van der Waals surface area contributed by atoms with Crippen LogP contribution >= 0.6 is 27.5 Å². The average molecular weight is 234 g/mol. The number of nitriles is 1. The van der Waals surface area contributed by atoms with E-state index in [0.717, 1.165) is 6.07 Å². The lowest BCUT2D eigenvalue weighted by molar-refractivity contribution is 0.627. The van der Waals surface area contributed by atoms with Crippen molar-refractivity contribution in [2.75, 3.05) is 0 Å². The number of rotatable bonds is 0. The molecule has 1 nitrogen and oxygen atoms in total. The maximum atomic E-state index is 12.5. The molecule has 0 aromatic heterocycles. The second-order valence-electron chi connectivity index (χ2n) is 1.86. The molecule has 0 heterocycles. The van der Waals surface area contributed by atoms with Crippen molar-refractivity contribution in [1.82, 2.24) is 0 Å². The summed E-state index contributed by atoms with van der Waals surface area (Å²) in [6.07, 6.45) is 0. The van der Waals surface area contributed by atoms with Crippen molar-refractivity contribution in [3.63, 3.8) is 0 Å². The molecule has 0 unspecified atom stereocenters. The number of hydrogen-bond donors (Lipinski definition) is 0. The number of benzene rings is 1. The first-order valence-corrected chi connectivity index (χ1v) is 3.87. The lowest BCUT2D eigenvalue weighted by atomic mass is 10.2. The first kappa shape index (κ1) is 8.51. The van der Waals surface area contributed by atoms with Crippen molar-refractivity contribution in [1.29, 1.82) is 5.26 Å². The lowest BCUT2D eigenvalue weighted by Crippen LogP contribution is -1.82. The summed E-state index contributed by atoms with van der Waals surface area (Å²) in [4.78, 5) is 0. The van der Waals surface area contributed by atoms with Gasteiger partial charge in [-0.3, -0.25) is 0 Å². The summed E-state index contributed by atoms with van der Waals surface area (Å²) < 4.78 is 12.9. The Morgan fingerprint density at radius 3 is 2.64 bits per heavy atom. The molecule has 0 radical (unpaired) electrons. The third-order valence-corrected chi connectivity index (χ3v) is 2.04. The van der Waals surface area contributed by atoms with Crippen LogP contribution in [0.15, 0.2) is 16.6 Å². The normalized spacial score (nSPS) is 9.27. The van der Waals surface area contributed by atoms with Gasteiger partial charge in [-0.05, 0) is 28.1 Å². The molecule has 0 amide bonds. The van der Waals surface area contributed by atoms with Crippen LogP contribution in [0.1, 0.15) is 5.56 Å². The highest BCUT2D eigenvalue weighted by molar-refractivity contribution is 9.10. The summed E-state index contributed by atoms with van der Waals surface area (Å²) in [5, 5.41) is 8.63. The van der Waals surface area contributed by atoms with Crippen LogP contribution in [0.3, 0.4) is 0 Å². The summed E-state index contributed by atoms with van der Waals surface area (Å²) >= 11 is 8.55. The van der Waals surface area contributed by atoms with E-state index in [9.17, 15) is 4.39 Å². The molecule has 0 aliphatic heterocycles. The molecule has 0 atom stereocenters. The van der Waals surface area contributed by atoms with Crippen molar-refractivity contribution >= 4 is 27.5 Å². The van der Waals surface area contributed by atoms with Gasteiger partial charge in [-0.25, -0.2) is 4.39 Å². The monoisotopic (exact) mass is 233 g/mol. The highest BCUT2D eigenvalue weighted by atomic mass is 79.9. The molecule has 0 saturated heterocycles. The van der Waals surface area contributed by atoms with Crippen molar-refractivity contribution in [2.45, 2.75) is 0 Å². The minimum Gasteiger partial charge on any atom is -0.207 e. The van der Waals surface area contributed by atoms with E-state index in [4.69, 9.17) is 16.9 Å². The largest absolute Gasteiger partial charge is 0.207 e. The van der Waals surface area contributed by atoms with Crippen molar-refractivity contribution in [2.24, 2.45) is 0 Å². The fraction of sp³-hybridized carbons (Fsp3) is 0. The van der Waals surface area contributed by atoms with Crippen LogP contribution in [0.4, 0.5) is 4.39 Å². The molecule has 0 fully saturated rings. The van der Waals surface area contributed by atoms with Gasteiger partial charge in [0.2, 0.25) is 0 Å². The highest BCUT2D eigenvalue weighted by Gasteiger charge is 2.05. The van der Waals surface area contributed by atoms with Gasteiger partial charge < -0.3 is 0 Å². The molecule has 0 spiro atoms. The first-order valence-electron chi connectivity index (χ1n) is 2.70. The van der Waals surface area contributed by atoms with Crippen molar-refractivity contribution < 1.29 is 4.39 Å².